The van der Waals surface area contributed by atoms with Gasteiger partial charge in [-0.25, -0.2) is 0 Å². The first-order chi connectivity index (χ1) is 32.0. The highest BCUT2D eigenvalue weighted by Crippen LogP contribution is 2.15. The molecule has 0 spiro atoms. The molecule has 6 heteroatoms. The second-order valence-corrected chi connectivity index (χ2v) is 17.4. The minimum atomic E-state index is -0.822. The van der Waals surface area contributed by atoms with Gasteiger partial charge in [0, 0.05) is 19.3 Å². The van der Waals surface area contributed by atoms with Crippen molar-refractivity contribution < 1.29 is 28.6 Å². The molecule has 0 aliphatic carbocycles. The van der Waals surface area contributed by atoms with Crippen molar-refractivity contribution >= 4 is 17.9 Å². The summed E-state index contributed by atoms with van der Waals surface area (Å²) in [5.41, 5.74) is 0. The molecule has 65 heavy (non-hydrogen) atoms. The Hall–Kier alpha value is -3.67. The number of hydrogen-bond donors (Lipinski definition) is 0. The summed E-state index contributed by atoms with van der Waals surface area (Å²) in [7, 11) is 0. The molecule has 0 bridgehead atoms. The van der Waals surface area contributed by atoms with E-state index in [1.165, 1.54) is 103 Å². The van der Waals surface area contributed by atoms with E-state index < -0.39 is 6.10 Å². The van der Waals surface area contributed by atoms with Crippen LogP contribution >= 0.6 is 0 Å². The van der Waals surface area contributed by atoms with Gasteiger partial charge in [-0.1, -0.05) is 221 Å². The standard InChI is InChI=1S/C59H98O6/c1-4-7-10-13-16-19-22-25-28-29-32-35-38-41-44-47-50-53-59(62)65-56(54-63-57(60)51-48-45-42-39-36-33-30-26-23-20-17-14-11-8-5-2)55-64-58(61)52-49-46-43-40-37-34-31-27-24-21-18-15-12-9-6-3/h7,10,16-17,19-20,25-26,28,30,32,35-36,39,41,44,56H,4-6,8-9,11-15,18,21-24,27,29,31,33-34,37-38,40,42-43,45-55H2,1-3H3/b10-7-,19-16-,20-17-,28-25-,30-26-,35-32-,39-36-,44-41-/t56-/m1/s1. The Morgan fingerprint density at radius 2 is 0.615 bits per heavy atom. The SMILES string of the molecule is CC/C=C\C/C=C\C/C=C\C/C=C\C/C=C\CCCC(=O)O[C@H](COC(=O)CCCC/C=C\C/C=C\C/C=C\CCCCC)COC(=O)CCCCCCCCCCCCCCCCC. The van der Waals surface area contributed by atoms with Gasteiger partial charge in [-0.2, -0.15) is 0 Å². The molecule has 6 nitrogen and oxygen atoms in total. The van der Waals surface area contributed by atoms with Crippen LogP contribution in [0.3, 0.4) is 0 Å². The van der Waals surface area contributed by atoms with Gasteiger partial charge < -0.3 is 14.2 Å². The number of carbonyl (C=O) groups excluding carboxylic acids is 3. The summed E-state index contributed by atoms with van der Waals surface area (Å²) in [4.78, 5) is 38.0. The fourth-order valence-electron chi connectivity index (χ4n) is 7.07. The Kier molecular flexibility index (Phi) is 50.0. The summed E-state index contributed by atoms with van der Waals surface area (Å²) in [6.07, 6.45) is 69.7. The zero-order valence-corrected chi connectivity index (χ0v) is 42.2. The van der Waals surface area contributed by atoms with Crippen LogP contribution in [0.1, 0.15) is 239 Å². The van der Waals surface area contributed by atoms with E-state index >= 15 is 0 Å². The van der Waals surface area contributed by atoms with E-state index in [4.69, 9.17) is 14.2 Å². The molecule has 0 saturated heterocycles. The number of unbranched alkanes of at least 4 members (excludes halogenated alkanes) is 20. The monoisotopic (exact) mass is 903 g/mol. The van der Waals surface area contributed by atoms with E-state index in [9.17, 15) is 14.4 Å². The second-order valence-electron chi connectivity index (χ2n) is 17.4. The van der Waals surface area contributed by atoms with Gasteiger partial charge >= 0.3 is 17.9 Å². The molecule has 0 fully saturated rings. The topological polar surface area (TPSA) is 78.9 Å². The lowest BCUT2D eigenvalue weighted by Gasteiger charge is -2.18. The zero-order chi connectivity index (χ0) is 47.2. The maximum Gasteiger partial charge on any atom is 0.306 e. The first-order valence-electron chi connectivity index (χ1n) is 26.7. The van der Waals surface area contributed by atoms with E-state index in [-0.39, 0.29) is 37.5 Å². The summed E-state index contributed by atoms with van der Waals surface area (Å²) in [6.45, 7) is 6.42. The van der Waals surface area contributed by atoms with Gasteiger partial charge in [0.1, 0.15) is 13.2 Å². The Balaban J connectivity index is 4.54. The average molecular weight is 903 g/mol. The normalized spacial score (nSPS) is 12.8. The first-order valence-corrected chi connectivity index (χ1v) is 26.7. The minimum Gasteiger partial charge on any atom is -0.462 e. The van der Waals surface area contributed by atoms with Gasteiger partial charge in [-0.15, -0.1) is 0 Å². The Labute approximate surface area is 400 Å². The summed E-state index contributed by atoms with van der Waals surface area (Å²) in [5.74, 6) is -1.01. The average Bonchev–Trinajstić information content (AvgIpc) is 3.30. The van der Waals surface area contributed by atoms with E-state index in [0.717, 1.165) is 89.9 Å². The van der Waals surface area contributed by atoms with Gasteiger partial charge in [0.25, 0.3) is 0 Å². The molecule has 0 radical (unpaired) electrons. The molecule has 0 aromatic heterocycles. The van der Waals surface area contributed by atoms with Crippen molar-refractivity contribution in [2.24, 2.45) is 0 Å². The Morgan fingerprint density at radius 3 is 1.02 bits per heavy atom. The quantitative estimate of drug-likeness (QED) is 0.0262. The van der Waals surface area contributed by atoms with Crippen LogP contribution in [0, 0.1) is 0 Å². The predicted molar refractivity (Wildman–Crippen MR) is 279 cm³/mol. The fourth-order valence-corrected chi connectivity index (χ4v) is 7.07. The van der Waals surface area contributed by atoms with Crippen LogP contribution in [-0.2, 0) is 28.6 Å². The molecule has 0 heterocycles. The van der Waals surface area contributed by atoms with Crippen molar-refractivity contribution in [1.82, 2.24) is 0 Å². The lowest BCUT2D eigenvalue weighted by atomic mass is 10.0. The summed E-state index contributed by atoms with van der Waals surface area (Å²) >= 11 is 0. The molecular weight excluding hydrogens is 805 g/mol. The van der Waals surface area contributed by atoms with Gasteiger partial charge in [-0.3, -0.25) is 14.4 Å². The van der Waals surface area contributed by atoms with E-state index in [1.54, 1.807) is 0 Å². The van der Waals surface area contributed by atoms with Crippen LogP contribution in [0.5, 0.6) is 0 Å². The number of allylic oxidation sites excluding steroid dienone is 16. The minimum absolute atomic E-state index is 0.111. The lowest BCUT2D eigenvalue weighted by molar-refractivity contribution is -0.167. The molecule has 1 atom stereocenters. The Bertz CT molecular complexity index is 1310. The van der Waals surface area contributed by atoms with Crippen molar-refractivity contribution in [3.05, 3.63) is 97.2 Å². The predicted octanol–water partition coefficient (Wildman–Crippen LogP) is 17.8. The fraction of sp³-hybridized carbons (Fsp3) is 0.678. The highest BCUT2D eigenvalue weighted by Gasteiger charge is 2.19. The molecule has 0 amide bonds. The number of carbonyl (C=O) groups is 3. The van der Waals surface area contributed by atoms with Crippen molar-refractivity contribution in [1.29, 1.82) is 0 Å². The number of esters is 3. The van der Waals surface area contributed by atoms with Gasteiger partial charge in [0.2, 0.25) is 0 Å². The highest BCUT2D eigenvalue weighted by molar-refractivity contribution is 5.71. The molecule has 0 aromatic carbocycles. The zero-order valence-electron chi connectivity index (χ0n) is 42.2. The molecule has 0 aliphatic heterocycles. The lowest BCUT2D eigenvalue weighted by Crippen LogP contribution is -2.30. The molecule has 0 unspecified atom stereocenters. The second kappa shape index (κ2) is 52.9. The molecule has 0 aliphatic rings. The van der Waals surface area contributed by atoms with E-state index in [1.807, 2.05) is 0 Å². The molecular formula is C59H98O6. The molecule has 0 saturated carbocycles. The van der Waals surface area contributed by atoms with E-state index in [0.29, 0.717) is 19.3 Å². The van der Waals surface area contributed by atoms with Crippen molar-refractivity contribution in [2.45, 2.75) is 245 Å². The smallest absolute Gasteiger partial charge is 0.306 e. The summed E-state index contributed by atoms with van der Waals surface area (Å²) in [5, 5.41) is 0. The van der Waals surface area contributed by atoms with Gasteiger partial charge in [0.05, 0.1) is 0 Å². The van der Waals surface area contributed by atoms with Gasteiger partial charge in [0.15, 0.2) is 6.10 Å². The maximum atomic E-state index is 12.8. The molecule has 0 rings (SSSR count). The van der Waals surface area contributed by atoms with Crippen LogP contribution in [0.15, 0.2) is 97.2 Å². The summed E-state index contributed by atoms with van der Waals surface area (Å²) < 4.78 is 16.7. The van der Waals surface area contributed by atoms with Crippen molar-refractivity contribution in [3.8, 4) is 0 Å². The van der Waals surface area contributed by atoms with Crippen LogP contribution in [0.25, 0.3) is 0 Å². The molecule has 0 N–H and O–H groups in total. The Morgan fingerprint density at radius 1 is 0.323 bits per heavy atom. The summed E-state index contributed by atoms with van der Waals surface area (Å²) in [6, 6.07) is 0. The third kappa shape index (κ3) is 51.2. The number of ether oxygens (including phenoxy) is 3. The number of hydrogen-bond acceptors (Lipinski definition) is 6. The van der Waals surface area contributed by atoms with Crippen LogP contribution in [-0.4, -0.2) is 37.2 Å². The third-order valence-electron chi connectivity index (χ3n) is 11.1. The van der Waals surface area contributed by atoms with Crippen LogP contribution < -0.4 is 0 Å². The maximum absolute atomic E-state index is 12.8. The third-order valence-corrected chi connectivity index (χ3v) is 11.1. The largest absolute Gasteiger partial charge is 0.462 e. The van der Waals surface area contributed by atoms with E-state index in [2.05, 4.69) is 118 Å². The molecule has 370 valence electrons. The van der Waals surface area contributed by atoms with Gasteiger partial charge in [-0.05, 0) is 96.3 Å². The van der Waals surface area contributed by atoms with Crippen LogP contribution in [0.4, 0.5) is 0 Å². The first kappa shape index (κ1) is 61.3. The van der Waals surface area contributed by atoms with Crippen LogP contribution in [0.2, 0.25) is 0 Å². The number of rotatable bonds is 47. The van der Waals surface area contributed by atoms with Crippen molar-refractivity contribution in [2.75, 3.05) is 13.2 Å². The van der Waals surface area contributed by atoms with Crippen molar-refractivity contribution in [3.63, 3.8) is 0 Å². The highest BCUT2D eigenvalue weighted by atomic mass is 16.6. The molecule has 0 aromatic rings.